The molecule has 3 saturated heterocycles. The number of fused-ring (bicyclic) bond motifs is 1. The van der Waals surface area contributed by atoms with E-state index in [1.165, 1.54) is 0 Å². The Hall–Kier alpha value is -1.28. The van der Waals surface area contributed by atoms with Gasteiger partial charge in [0.2, 0.25) is 17.7 Å². The summed E-state index contributed by atoms with van der Waals surface area (Å²) in [4.78, 5) is 41.7. The molecule has 0 aliphatic carbocycles. The van der Waals surface area contributed by atoms with E-state index in [2.05, 4.69) is 24.5 Å². The predicted molar refractivity (Wildman–Crippen MR) is 118 cm³/mol. The van der Waals surface area contributed by atoms with Crippen molar-refractivity contribution < 1.29 is 19.5 Å². The zero-order chi connectivity index (χ0) is 22.1. The van der Waals surface area contributed by atoms with Crippen molar-refractivity contribution in [2.24, 2.45) is 17.8 Å². The average Bonchev–Trinajstić information content (AvgIpc) is 3.29. The summed E-state index contributed by atoms with van der Waals surface area (Å²) in [6.07, 6.45) is 4.98. The lowest BCUT2D eigenvalue weighted by molar-refractivity contribution is -0.140. The van der Waals surface area contributed by atoms with Gasteiger partial charge in [0.15, 0.2) is 0 Å². The van der Waals surface area contributed by atoms with Crippen LogP contribution in [0.25, 0.3) is 0 Å². The number of amides is 3. The Morgan fingerprint density at radius 1 is 1.30 bits per heavy atom. The second-order valence-electron chi connectivity index (χ2n) is 9.18. The van der Waals surface area contributed by atoms with Crippen molar-refractivity contribution in [3.8, 4) is 0 Å². The number of nitrogens with zero attached hydrogens (tertiary/aromatic N) is 1. The van der Waals surface area contributed by atoms with Crippen LogP contribution in [0.2, 0.25) is 0 Å². The number of aliphatic hydroxyl groups excluding tert-OH is 1. The average molecular weight is 440 g/mol. The molecule has 0 aromatic carbocycles. The maximum atomic E-state index is 13.6. The highest BCUT2D eigenvalue weighted by Gasteiger charge is 2.75. The molecular formula is C22H37N3O4S. The molecule has 3 N–H and O–H groups in total. The summed E-state index contributed by atoms with van der Waals surface area (Å²) in [7, 11) is 1.62. The second-order valence-corrected chi connectivity index (χ2v) is 10.7. The minimum atomic E-state index is -0.539. The highest BCUT2D eigenvalue weighted by Crippen LogP contribution is 2.68. The number of aliphatic hydroxyl groups is 1. The summed E-state index contributed by atoms with van der Waals surface area (Å²) in [5, 5.41) is 15.1. The van der Waals surface area contributed by atoms with Crippen LogP contribution in [0, 0.1) is 17.8 Å². The fourth-order valence-electron chi connectivity index (χ4n) is 5.92. The van der Waals surface area contributed by atoms with Crippen LogP contribution in [0.5, 0.6) is 0 Å². The van der Waals surface area contributed by atoms with Crippen LogP contribution >= 0.6 is 11.8 Å². The minimum absolute atomic E-state index is 0.0440. The second kappa shape index (κ2) is 9.47. The van der Waals surface area contributed by atoms with E-state index in [1.54, 1.807) is 23.7 Å². The molecule has 1 spiro atoms. The molecule has 2 bridgehead atoms. The molecule has 3 fully saturated rings. The Kier molecular flexibility index (Phi) is 7.38. The summed E-state index contributed by atoms with van der Waals surface area (Å²) >= 11 is 1.71. The molecule has 0 aromatic rings. The number of rotatable bonds is 10. The van der Waals surface area contributed by atoms with Crippen molar-refractivity contribution in [2.75, 3.05) is 20.2 Å². The van der Waals surface area contributed by atoms with Gasteiger partial charge in [-0.25, -0.2) is 0 Å². The van der Waals surface area contributed by atoms with E-state index in [4.69, 9.17) is 5.11 Å². The lowest BCUT2D eigenvalue weighted by Gasteiger charge is -2.39. The van der Waals surface area contributed by atoms with Crippen LogP contribution in [0.15, 0.2) is 0 Å². The third-order valence-electron chi connectivity index (χ3n) is 7.21. The number of carbonyl (C=O) groups excluding carboxylic acids is 3. The van der Waals surface area contributed by atoms with Crippen LogP contribution in [0.4, 0.5) is 0 Å². The van der Waals surface area contributed by atoms with Gasteiger partial charge in [0.05, 0.1) is 16.6 Å². The lowest BCUT2D eigenvalue weighted by atomic mass is 9.66. The molecule has 3 heterocycles. The normalized spacial score (nSPS) is 35.4. The van der Waals surface area contributed by atoms with Gasteiger partial charge in [-0.3, -0.25) is 14.4 Å². The van der Waals surface area contributed by atoms with E-state index in [0.717, 1.165) is 32.1 Å². The highest BCUT2D eigenvalue weighted by atomic mass is 32.2. The molecule has 3 aliphatic heterocycles. The van der Waals surface area contributed by atoms with Crippen LogP contribution in [0.1, 0.15) is 59.3 Å². The van der Waals surface area contributed by atoms with E-state index in [9.17, 15) is 14.4 Å². The van der Waals surface area contributed by atoms with Crippen molar-refractivity contribution in [3.05, 3.63) is 0 Å². The number of hydrogen-bond acceptors (Lipinski definition) is 5. The van der Waals surface area contributed by atoms with Gasteiger partial charge in [0.25, 0.3) is 0 Å². The fraction of sp³-hybridized carbons (Fsp3) is 0.864. The monoisotopic (exact) mass is 439 g/mol. The van der Waals surface area contributed by atoms with Gasteiger partial charge in [-0.2, -0.15) is 0 Å². The van der Waals surface area contributed by atoms with Gasteiger partial charge in [-0.1, -0.05) is 20.3 Å². The van der Waals surface area contributed by atoms with Gasteiger partial charge >= 0.3 is 0 Å². The van der Waals surface area contributed by atoms with Crippen LogP contribution < -0.4 is 10.6 Å². The maximum absolute atomic E-state index is 13.6. The summed E-state index contributed by atoms with van der Waals surface area (Å²) in [5.74, 6) is -0.813. The van der Waals surface area contributed by atoms with Gasteiger partial charge in [0.1, 0.15) is 6.04 Å². The summed E-state index contributed by atoms with van der Waals surface area (Å²) in [6.45, 7) is 6.86. The molecule has 7 nitrogen and oxygen atoms in total. The van der Waals surface area contributed by atoms with Crippen molar-refractivity contribution in [1.82, 2.24) is 15.5 Å². The van der Waals surface area contributed by atoms with Crippen molar-refractivity contribution >= 4 is 29.5 Å². The van der Waals surface area contributed by atoms with E-state index < -0.39 is 16.7 Å². The molecule has 0 radical (unpaired) electrons. The highest BCUT2D eigenvalue weighted by molar-refractivity contribution is 8.02. The molecule has 170 valence electrons. The van der Waals surface area contributed by atoms with Crippen LogP contribution in [-0.4, -0.2) is 70.0 Å². The SMILES string of the molecule is CCCC(C)NC(=O)C1N(CCCCCO)C(=O)[C@@H]2[C@@H](C(=O)NC)[C@H]3CC(C)C12S3. The predicted octanol–water partition coefficient (Wildman–Crippen LogP) is 1.54. The minimum Gasteiger partial charge on any atom is -0.396 e. The lowest BCUT2D eigenvalue weighted by Crippen LogP contribution is -2.57. The summed E-state index contributed by atoms with van der Waals surface area (Å²) < 4.78 is -0.536. The number of carbonyl (C=O) groups is 3. The number of unbranched alkanes of at least 4 members (excludes halogenated alkanes) is 2. The molecule has 0 saturated carbocycles. The van der Waals surface area contributed by atoms with Gasteiger partial charge in [0, 0.05) is 31.5 Å². The maximum Gasteiger partial charge on any atom is 0.244 e. The number of nitrogens with one attached hydrogen (secondary N) is 2. The van der Waals surface area contributed by atoms with E-state index in [1.807, 2.05) is 6.92 Å². The first-order valence-corrected chi connectivity index (χ1v) is 12.3. The first-order valence-electron chi connectivity index (χ1n) is 11.4. The smallest absolute Gasteiger partial charge is 0.244 e. The molecular weight excluding hydrogens is 402 g/mol. The van der Waals surface area contributed by atoms with E-state index >= 15 is 0 Å². The molecule has 8 heteroatoms. The third-order valence-corrected chi connectivity index (χ3v) is 9.29. The largest absolute Gasteiger partial charge is 0.396 e. The Labute approximate surface area is 184 Å². The Bertz CT molecular complexity index is 675. The molecule has 3 aliphatic rings. The molecule has 4 unspecified atom stereocenters. The first-order chi connectivity index (χ1) is 14.3. The van der Waals surface area contributed by atoms with Gasteiger partial charge < -0.3 is 20.6 Å². The number of hydrogen-bond donors (Lipinski definition) is 3. The molecule has 0 aromatic heterocycles. The van der Waals surface area contributed by atoms with Crippen molar-refractivity contribution in [1.29, 1.82) is 0 Å². The Balaban J connectivity index is 1.93. The summed E-state index contributed by atoms with van der Waals surface area (Å²) in [5.41, 5.74) is 0. The topological polar surface area (TPSA) is 98.7 Å². The van der Waals surface area contributed by atoms with Gasteiger partial charge in [-0.05, 0) is 44.9 Å². The number of likely N-dealkylation sites (tertiary alicyclic amines) is 1. The zero-order valence-corrected chi connectivity index (χ0v) is 19.5. The van der Waals surface area contributed by atoms with Crippen molar-refractivity contribution in [2.45, 2.75) is 81.4 Å². The number of thioether (sulfide) groups is 1. The van der Waals surface area contributed by atoms with Gasteiger partial charge in [-0.15, -0.1) is 11.8 Å². The zero-order valence-electron chi connectivity index (χ0n) is 18.6. The third kappa shape index (κ3) is 3.74. The van der Waals surface area contributed by atoms with E-state index in [-0.39, 0.29) is 47.5 Å². The quantitative estimate of drug-likeness (QED) is 0.449. The van der Waals surface area contributed by atoms with E-state index in [0.29, 0.717) is 13.0 Å². The Morgan fingerprint density at radius 2 is 2.03 bits per heavy atom. The standard InChI is InChI=1S/C22H37N3O4S/c1-5-9-14(3)24-20(28)18-22-13(2)12-15(30-22)16(19(27)23-4)17(22)21(29)25(18)10-7-6-8-11-26/h13-18,26H,5-12H2,1-4H3,(H,23,27)(H,24,28)/t13?,14?,15-,16+,17+,18?,22?/m1/s1. The molecule has 3 rings (SSSR count). The summed E-state index contributed by atoms with van der Waals surface area (Å²) in [6, 6.07) is -0.485. The van der Waals surface area contributed by atoms with Crippen molar-refractivity contribution in [3.63, 3.8) is 0 Å². The Morgan fingerprint density at radius 3 is 2.67 bits per heavy atom. The van der Waals surface area contributed by atoms with Crippen LogP contribution in [0.3, 0.4) is 0 Å². The first kappa shape index (κ1) is 23.4. The molecule has 3 amide bonds. The van der Waals surface area contributed by atoms with Crippen LogP contribution in [-0.2, 0) is 14.4 Å². The molecule has 7 atom stereocenters. The fourth-order valence-corrected chi connectivity index (χ4v) is 8.35. The molecule has 30 heavy (non-hydrogen) atoms.